The Morgan fingerprint density at radius 3 is 2.45 bits per heavy atom. The molecule has 2 heterocycles. The number of carbonyl (C=O) groups is 1. The molecule has 1 amide bonds. The zero-order valence-electron chi connectivity index (χ0n) is 16.3. The highest BCUT2D eigenvalue weighted by atomic mass is 16.5. The van der Waals surface area contributed by atoms with E-state index in [1.807, 2.05) is 59.5 Å². The van der Waals surface area contributed by atoms with Gasteiger partial charge in [-0.25, -0.2) is 0 Å². The molecule has 144 valence electrons. The summed E-state index contributed by atoms with van der Waals surface area (Å²) in [6.07, 6.45) is 0.618. The molecule has 5 rings (SSSR count). The van der Waals surface area contributed by atoms with Gasteiger partial charge in [0.1, 0.15) is 0 Å². The first-order valence-electron chi connectivity index (χ1n) is 9.53. The topological polar surface area (TPSA) is 51.1 Å². The number of methoxy groups -OCH3 is 2. The van der Waals surface area contributed by atoms with Crippen LogP contribution in [0.4, 0.5) is 11.4 Å². The number of rotatable bonds is 3. The number of hydrogen-bond acceptors (Lipinski definition) is 4. The lowest BCUT2D eigenvalue weighted by Gasteiger charge is -2.24. The summed E-state index contributed by atoms with van der Waals surface area (Å²) < 4.78 is 11.0. The number of hydrogen-bond donors (Lipinski definition) is 0. The van der Waals surface area contributed by atoms with E-state index in [-0.39, 0.29) is 11.9 Å². The molecule has 3 aromatic carbocycles. The van der Waals surface area contributed by atoms with E-state index in [9.17, 15) is 4.79 Å². The van der Waals surface area contributed by atoms with Crippen LogP contribution in [0.5, 0.6) is 11.5 Å². The maximum absolute atomic E-state index is 13.6. The molecule has 2 aliphatic heterocycles. The SMILES string of the molecule is COc1ccc2c(c1OC)C(=O)N1c3ccccc3N=C(c3ccccc3)CC21. The van der Waals surface area contributed by atoms with Crippen molar-refractivity contribution in [3.8, 4) is 11.5 Å². The van der Waals surface area contributed by atoms with Crippen molar-refractivity contribution in [3.63, 3.8) is 0 Å². The van der Waals surface area contributed by atoms with Crippen molar-refractivity contribution in [2.75, 3.05) is 19.1 Å². The third-order valence-electron chi connectivity index (χ3n) is 5.57. The van der Waals surface area contributed by atoms with Crippen molar-refractivity contribution in [1.82, 2.24) is 0 Å². The summed E-state index contributed by atoms with van der Waals surface area (Å²) in [6, 6.07) is 21.6. The number of carbonyl (C=O) groups excluding carboxylic acids is 1. The van der Waals surface area contributed by atoms with E-state index in [0.717, 1.165) is 28.2 Å². The van der Waals surface area contributed by atoms with Crippen molar-refractivity contribution in [2.45, 2.75) is 12.5 Å². The van der Waals surface area contributed by atoms with Gasteiger partial charge in [0.15, 0.2) is 11.5 Å². The van der Waals surface area contributed by atoms with Gasteiger partial charge in [-0.2, -0.15) is 0 Å². The molecule has 5 nitrogen and oxygen atoms in total. The van der Waals surface area contributed by atoms with Gasteiger partial charge in [0, 0.05) is 6.42 Å². The van der Waals surface area contributed by atoms with E-state index in [4.69, 9.17) is 14.5 Å². The molecule has 0 saturated heterocycles. The van der Waals surface area contributed by atoms with E-state index < -0.39 is 0 Å². The molecule has 29 heavy (non-hydrogen) atoms. The Bertz CT molecular complexity index is 1140. The Morgan fingerprint density at radius 2 is 1.69 bits per heavy atom. The maximum atomic E-state index is 13.6. The van der Waals surface area contributed by atoms with Crippen LogP contribution in [0.3, 0.4) is 0 Å². The summed E-state index contributed by atoms with van der Waals surface area (Å²) in [5.74, 6) is 0.957. The van der Waals surface area contributed by atoms with Gasteiger partial charge in [-0.1, -0.05) is 48.5 Å². The minimum Gasteiger partial charge on any atom is -0.493 e. The Balaban J connectivity index is 1.73. The summed E-state index contributed by atoms with van der Waals surface area (Å²) in [5.41, 5.74) is 5.13. The average molecular weight is 384 g/mol. The first-order chi connectivity index (χ1) is 14.2. The second-order valence-electron chi connectivity index (χ2n) is 7.07. The highest BCUT2D eigenvalue weighted by Gasteiger charge is 2.43. The van der Waals surface area contributed by atoms with Crippen LogP contribution in [0.15, 0.2) is 71.7 Å². The van der Waals surface area contributed by atoms with Crippen molar-refractivity contribution >= 4 is 23.0 Å². The van der Waals surface area contributed by atoms with E-state index in [1.54, 1.807) is 14.2 Å². The lowest BCUT2D eigenvalue weighted by Crippen LogP contribution is -2.28. The van der Waals surface area contributed by atoms with Gasteiger partial charge in [-0.3, -0.25) is 14.7 Å². The van der Waals surface area contributed by atoms with Crippen molar-refractivity contribution in [1.29, 1.82) is 0 Å². The normalized spacial score (nSPS) is 17.0. The first-order valence-corrected chi connectivity index (χ1v) is 9.53. The summed E-state index contributed by atoms with van der Waals surface area (Å²) in [4.78, 5) is 20.4. The lowest BCUT2D eigenvalue weighted by molar-refractivity contribution is 0.0989. The number of fused-ring (bicyclic) bond motifs is 5. The number of ether oxygens (including phenoxy) is 2. The molecule has 0 spiro atoms. The molecular weight excluding hydrogens is 364 g/mol. The molecule has 0 aliphatic carbocycles. The Morgan fingerprint density at radius 1 is 0.931 bits per heavy atom. The van der Waals surface area contributed by atoms with E-state index >= 15 is 0 Å². The smallest absolute Gasteiger partial charge is 0.263 e. The first kappa shape index (κ1) is 17.5. The molecule has 3 aromatic rings. The molecule has 0 fully saturated rings. The van der Waals surface area contributed by atoms with Gasteiger partial charge < -0.3 is 9.47 Å². The molecule has 0 radical (unpaired) electrons. The van der Waals surface area contributed by atoms with Crippen molar-refractivity contribution in [2.24, 2.45) is 4.99 Å². The molecule has 1 atom stereocenters. The zero-order valence-corrected chi connectivity index (χ0v) is 16.3. The summed E-state index contributed by atoms with van der Waals surface area (Å²) in [5, 5.41) is 0. The highest BCUT2D eigenvalue weighted by molar-refractivity contribution is 6.17. The molecule has 2 aliphatic rings. The molecule has 0 bridgehead atoms. The molecule has 5 heteroatoms. The molecule has 0 saturated carbocycles. The minimum absolute atomic E-state index is 0.0855. The molecule has 1 unspecified atom stereocenters. The van der Waals surface area contributed by atoms with Gasteiger partial charge in [-0.05, 0) is 29.3 Å². The Labute approximate surface area is 169 Å². The third kappa shape index (κ3) is 2.62. The predicted octanol–water partition coefficient (Wildman–Crippen LogP) is 4.93. The predicted molar refractivity (Wildman–Crippen MR) is 113 cm³/mol. The number of anilines is 1. The van der Waals surface area contributed by atoms with Crippen molar-refractivity contribution in [3.05, 3.63) is 83.4 Å². The summed E-state index contributed by atoms with van der Waals surface area (Å²) in [7, 11) is 3.15. The standard InChI is InChI=1S/C24H20N2O3/c1-28-21-13-12-16-20-14-18(15-8-4-3-5-9-15)25-17-10-6-7-11-19(17)26(20)24(27)22(16)23(21)29-2/h3-13,20H,14H2,1-2H3. The molecule has 0 aromatic heterocycles. The second-order valence-corrected chi connectivity index (χ2v) is 7.07. The zero-order chi connectivity index (χ0) is 20.0. The fourth-order valence-electron chi connectivity index (χ4n) is 4.27. The lowest BCUT2D eigenvalue weighted by atomic mass is 9.96. The van der Waals surface area contributed by atoms with Gasteiger partial charge in [0.2, 0.25) is 0 Å². The van der Waals surface area contributed by atoms with Crippen LogP contribution in [0.1, 0.15) is 33.9 Å². The maximum Gasteiger partial charge on any atom is 0.263 e. The molecule has 0 N–H and O–H groups in total. The number of para-hydroxylation sites is 2. The van der Waals surface area contributed by atoms with Crippen LogP contribution in [0.2, 0.25) is 0 Å². The minimum atomic E-state index is -0.153. The Kier molecular flexibility index (Phi) is 4.09. The number of amides is 1. The van der Waals surface area contributed by atoms with Gasteiger partial charge >= 0.3 is 0 Å². The summed E-state index contributed by atoms with van der Waals surface area (Å²) >= 11 is 0. The summed E-state index contributed by atoms with van der Waals surface area (Å²) in [6.45, 7) is 0. The van der Waals surface area contributed by atoms with E-state index in [0.29, 0.717) is 23.5 Å². The Hall–Kier alpha value is -3.60. The van der Waals surface area contributed by atoms with Crippen LogP contribution in [-0.4, -0.2) is 25.8 Å². The van der Waals surface area contributed by atoms with E-state index in [2.05, 4.69) is 12.1 Å². The second kappa shape index (κ2) is 6.78. The quantitative estimate of drug-likeness (QED) is 0.643. The van der Waals surface area contributed by atoms with Crippen LogP contribution in [0.25, 0.3) is 0 Å². The number of benzene rings is 3. The van der Waals surface area contributed by atoms with Gasteiger partial charge in [0.25, 0.3) is 5.91 Å². The largest absolute Gasteiger partial charge is 0.493 e. The van der Waals surface area contributed by atoms with E-state index in [1.165, 1.54) is 0 Å². The fourth-order valence-corrected chi connectivity index (χ4v) is 4.27. The van der Waals surface area contributed by atoms with Crippen LogP contribution in [0, 0.1) is 0 Å². The number of aliphatic imine (C=N–C) groups is 1. The van der Waals surface area contributed by atoms with Gasteiger partial charge in [0.05, 0.1) is 42.9 Å². The highest BCUT2D eigenvalue weighted by Crippen LogP contribution is 2.50. The third-order valence-corrected chi connectivity index (χ3v) is 5.57. The van der Waals surface area contributed by atoms with Crippen LogP contribution >= 0.6 is 0 Å². The van der Waals surface area contributed by atoms with Gasteiger partial charge in [-0.15, -0.1) is 0 Å². The van der Waals surface area contributed by atoms with Crippen molar-refractivity contribution < 1.29 is 14.3 Å². The fraction of sp³-hybridized carbons (Fsp3) is 0.167. The number of nitrogens with zero attached hydrogens (tertiary/aromatic N) is 2. The average Bonchev–Trinajstić information content (AvgIpc) is 2.94. The monoisotopic (exact) mass is 384 g/mol. The van der Waals surface area contributed by atoms with Crippen LogP contribution in [-0.2, 0) is 0 Å². The molecular formula is C24H20N2O3. The van der Waals surface area contributed by atoms with Crippen LogP contribution < -0.4 is 14.4 Å².